The number of ether oxygens (including phenoxy) is 1. The zero-order valence-electron chi connectivity index (χ0n) is 20.3. The van der Waals surface area contributed by atoms with Gasteiger partial charge in [-0.2, -0.15) is 0 Å². The van der Waals surface area contributed by atoms with Crippen LogP contribution in [-0.4, -0.2) is 58.8 Å². The highest BCUT2D eigenvalue weighted by Gasteiger charge is 2.21. The van der Waals surface area contributed by atoms with Crippen LogP contribution < -0.4 is 10.0 Å². The second-order valence-electron chi connectivity index (χ2n) is 8.82. The van der Waals surface area contributed by atoms with E-state index in [0.29, 0.717) is 43.1 Å². The highest BCUT2D eigenvalue weighted by Crippen LogP contribution is 2.29. The third kappa shape index (κ3) is 5.64. The fourth-order valence-electron chi connectivity index (χ4n) is 4.33. The van der Waals surface area contributed by atoms with Crippen LogP contribution in [0.1, 0.15) is 20.8 Å². The lowest BCUT2D eigenvalue weighted by Crippen LogP contribution is -2.40. The molecule has 0 bridgehead atoms. The molecule has 1 atom stereocenters. The van der Waals surface area contributed by atoms with Gasteiger partial charge >= 0.3 is 0 Å². The fraction of sp³-hybridized carbons (Fsp3) is 0.185. The number of anilines is 2. The molecular formula is C27H24F2N4O4S. The minimum Gasteiger partial charge on any atom is -0.593 e. The summed E-state index contributed by atoms with van der Waals surface area (Å²) in [4.78, 5) is 31.0. The molecule has 2 heterocycles. The molecular weight excluding hydrogens is 514 g/mol. The number of halogens is 2. The van der Waals surface area contributed by atoms with Gasteiger partial charge in [0.1, 0.15) is 23.6 Å². The molecule has 1 aromatic heterocycles. The van der Waals surface area contributed by atoms with Gasteiger partial charge in [0, 0.05) is 46.9 Å². The average Bonchev–Trinajstić information content (AvgIpc) is 3.32. The predicted molar refractivity (Wildman–Crippen MR) is 142 cm³/mol. The van der Waals surface area contributed by atoms with Crippen LogP contribution in [0, 0.1) is 11.6 Å². The van der Waals surface area contributed by atoms with Crippen LogP contribution in [0.25, 0.3) is 22.0 Å². The number of fused-ring (bicyclic) bond motifs is 1. The lowest BCUT2D eigenvalue weighted by atomic mass is 10.0. The average molecular weight is 539 g/mol. The number of carbonyl (C=O) groups is 2. The second-order valence-corrected chi connectivity index (χ2v) is 9.94. The maximum atomic E-state index is 14.6. The predicted octanol–water partition coefficient (Wildman–Crippen LogP) is 4.54. The molecule has 3 aromatic carbocycles. The summed E-state index contributed by atoms with van der Waals surface area (Å²) in [6.45, 7) is 1.64. The van der Waals surface area contributed by atoms with Crippen molar-refractivity contribution in [1.82, 2.24) is 9.88 Å². The third-order valence-corrected chi connectivity index (χ3v) is 6.63. The molecule has 1 unspecified atom stereocenters. The lowest BCUT2D eigenvalue weighted by Gasteiger charge is -2.27. The summed E-state index contributed by atoms with van der Waals surface area (Å²) < 4.78 is 47.8. The number of aromatic nitrogens is 1. The van der Waals surface area contributed by atoms with Crippen molar-refractivity contribution in [2.24, 2.45) is 0 Å². The van der Waals surface area contributed by atoms with E-state index in [2.05, 4.69) is 15.0 Å². The van der Waals surface area contributed by atoms with Crippen molar-refractivity contribution in [1.29, 1.82) is 0 Å². The van der Waals surface area contributed by atoms with Gasteiger partial charge in [0.15, 0.2) is 0 Å². The van der Waals surface area contributed by atoms with E-state index >= 15 is 0 Å². The second kappa shape index (κ2) is 10.8. The van der Waals surface area contributed by atoms with E-state index in [1.165, 1.54) is 30.5 Å². The minimum atomic E-state index is -1.25. The molecule has 38 heavy (non-hydrogen) atoms. The van der Waals surface area contributed by atoms with E-state index in [9.17, 15) is 22.9 Å². The van der Waals surface area contributed by atoms with Crippen LogP contribution in [0.2, 0.25) is 0 Å². The number of amides is 2. The number of nitrogens with one attached hydrogen (secondary N) is 3. The highest BCUT2D eigenvalue weighted by atomic mass is 32.2. The van der Waals surface area contributed by atoms with Gasteiger partial charge < -0.3 is 24.5 Å². The van der Waals surface area contributed by atoms with Crippen molar-refractivity contribution in [2.75, 3.05) is 42.6 Å². The van der Waals surface area contributed by atoms with Gasteiger partial charge in [-0.3, -0.25) is 9.59 Å². The summed E-state index contributed by atoms with van der Waals surface area (Å²) >= 11 is -1.25. The fourth-order valence-corrected chi connectivity index (χ4v) is 4.79. The lowest BCUT2D eigenvalue weighted by molar-refractivity contribution is 0.0303. The molecule has 1 fully saturated rings. The van der Waals surface area contributed by atoms with Crippen molar-refractivity contribution in [3.63, 3.8) is 0 Å². The molecule has 11 heteroatoms. The molecule has 8 nitrogen and oxygen atoms in total. The monoisotopic (exact) mass is 538 g/mol. The highest BCUT2D eigenvalue weighted by molar-refractivity contribution is 7.92. The summed E-state index contributed by atoms with van der Waals surface area (Å²) in [5.41, 5.74) is 2.49. The Bertz CT molecular complexity index is 1520. The van der Waals surface area contributed by atoms with E-state index in [1.54, 1.807) is 29.2 Å². The number of aromatic amines is 1. The first-order valence-electron chi connectivity index (χ1n) is 11.8. The van der Waals surface area contributed by atoms with Gasteiger partial charge in [-0.15, -0.1) is 0 Å². The van der Waals surface area contributed by atoms with Gasteiger partial charge in [-0.1, -0.05) is 6.07 Å². The first kappa shape index (κ1) is 25.7. The SMILES string of the molecule is C[S+]([O-])Nc1ccc2cc(C(=O)Nc3cc(C(=O)N4CCOCC4)cc(-c4ccc(F)cc4F)c3)[nH]c2c1. The number of nitrogens with zero attached hydrogens (tertiary/aromatic N) is 1. The molecule has 4 aromatic rings. The van der Waals surface area contributed by atoms with Gasteiger partial charge in [0.25, 0.3) is 11.8 Å². The van der Waals surface area contributed by atoms with Crippen LogP contribution >= 0.6 is 0 Å². The van der Waals surface area contributed by atoms with E-state index in [1.807, 2.05) is 0 Å². The van der Waals surface area contributed by atoms with E-state index < -0.39 is 28.9 Å². The zero-order chi connectivity index (χ0) is 26.8. The maximum Gasteiger partial charge on any atom is 0.272 e. The topological polar surface area (TPSA) is 110 Å². The zero-order valence-corrected chi connectivity index (χ0v) is 21.2. The molecule has 2 amide bonds. The van der Waals surface area contributed by atoms with Crippen molar-refractivity contribution in [3.05, 3.63) is 83.6 Å². The Morgan fingerprint density at radius 3 is 2.53 bits per heavy atom. The Morgan fingerprint density at radius 1 is 1.00 bits per heavy atom. The van der Waals surface area contributed by atoms with E-state index in [4.69, 9.17) is 4.74 Å². The standard InChI is InChI=1S/C27H24F2N4O4S/c1-38(36)32-20-4-2-16-13-25(31-24(16)15-20)26(34)30-21-11-17(22-5-3-19(28)14-23(22)29)10-18(12-21)27(35)33-6-8-37-9-7-33/h2-5,10-15,31-32H,6-9H2,1H3,(H,30,34). The number of morpholine rings is 1. The van der Waals surface area contributed by atoms with E-state index in [0.717, 1.165) is 17.5 Å². The molecule has 1 aliphatic rings. The molecule has 0 spiro atoms. The number of rotatable bonds is 6. The largest absolute Gasteiger partial charge is 0.593 e. The van der Waals surface area contributed by atoms with Crippen LogP contribution in [0.5, 0.6) is 0 Å². The summed E-state index contributed by atoms with van der Waals surface area (Å²) in [6.07, 6.45) is 1.52. The molecule has 0 saturated carbocycles. The van der Waals surface area contributed by atoms with Crippen LogP contribution in [0.15, 0.2) is 60.7 Å². The van der Waals surface area contributed by atoms with Crippen LogP contribution in [-0.2, 0) is 16.1 Å². The Labute approximate surface area is 220 Å². The van der Waals surface area contributed by atoms with Crippen molar-refractivity contribution in [3.8, 4) is 11.1 Å². The first-order chi connectivity index (χ1) is 18.3. The van der Waals surface area contributed by atoms with Gasteiger partial charge in [0.2, 0.25) is 0 Å². The Balaban J connectivity index is 1.47. The number of hydrogen-bond acceptors (Lipinski definition) is 5. The van der Waals surface area contributed by atoms with Crippen molar-refractivity contribution in [2.45, 2.75) is 0 Å². The molecule has 5 rings (SSSR count). The summed E-state index contributed by atoms with van der Waals surface area (Å²) in [5.74, 6) is -2.27. The normalized spacial score (nSPS) is 14.4. The van der Waals surface area contributed by atoms with Crippen molar-refractivity contribution >= 4 is 45.5 Å². The third-order valence-electron chi connectivity index (χ3n) is 6.11. The Kier molecular flexibility index (Phi) is 7.32. The number of hydrogen-bond donors (Lipinski definition) is 3. The van der Waals surface area contributed by atoms with Crippen molar-refractivity contribution < 1.29 is 27.7 Å². The van der Waals surface area contributed by atoms with Gasteiger partial charge in [0.05, 0.1) is 30.3 Å². The smallest absolute Gasteiger partial charge is 0.272 e. The summed E-state index contributed by atoms with van der Waals surface area (Å²) in [5, 5.41) is 3.55. The molecule has 1 saturated heterocycles. The number of benzene rings is 3. The molecule has 0 aliphatic carbocycles. The molecule has 0 radical (unpaired) electrons. The Morgan fingerprint density at radius 2 is 1.79 bits per heavy atom. The maximum absolute atomic E-state index is 14.6. The summed E-state index contributed by atoms with van der Waals surface area (Å²) in [7, 11) is 0. The Hall–Kier alpha value is -3.93. The number of H-pyrrole nitrogens is 1. The van der Waals surface area contributed by atoms with Crippen LogP contribution in [0.4, 0.5) is 20.2 Å². The molecule has 1 aliphatic heterocycles. The first-order valence-corrected chi connectivity index (χ1v) is 13.3. The van der Waals surface area contributed by atoms with Crippen LogP contribution in [0.3, 0.4) is 0 Å². The minimum absolute atomic E-state index is 0.0949. The number of carbonyl (C=O) groups excluding carboxylic acids is 2. The molecule has 196 valence electrons. The summed E-state index contributed by atoms with van der Waals surface area (Å²) in [6, 6.07) is 14.7. The quantitative estimate of drug-likeness (QED) is 0.312. The van der Waals surface area contributed by atoms with Gasteiger partial charge in [-0.05, 0) is 54.1 Å². The molecule has 3 N–H and O–H groups in total. The van der Waals surface area contributed by atoms with E-state index in [-0.39, 0.29) is 28.4 Å². The van der Waals surface area contributed by atoms with Gasteiger partial charge in [-0.25, -0.2) is 13.5 Å².